The van der Waals surface area contributed by atoms with E-state index in [0.29, 0.717) is 17.2 Å². The molecule has 3 heteroatoms. The quantitative estimate of drug-likeness (QED) is 0.462. The molecule has 0 aliphatic heterocycles. The molecule has 20 heavy (non-hydrogen) atoms. The number of hydrogen-bond acceptors (Lipinski definition) is 3. The highest BCUT2D eigenvalue weighted by Crippen LogP contribution is 2.26. The maximum Gasteiger partial charge on any atom is 0.335 e. The van der Waals surface area contributed by atoms with E-state index in [0.717, 1.165) is 11.6 Å². The van der Waals surface area contributed by atoms with E-state index in [1.54, 1.807) is 30.3 Å². The van der Waals surface area contributed by atoms with Crippen molar-refractivity contribution in [2.75, 3.05) is 0 Å². The van der Waals surface area contributed by atoms with Crippen molar-refractivity contribution in [2.45, 2.75) is 0 Å². The van der Waals surface area contributed by atoms with Crippen LogP contribution in [0, 0.1) is 0 Å². The van der Waals surface area contributed by atoms with Crippen LogP contribution in [0.2, 0.25) is 0 Å². The Balaban J connectivity index is 2.16. The molecule has 0 aromatic heterocycles. The normalized spacial score (nSPS) is 9.60. The average molecular weight is 266 g/mol. The van der Waals surface area contributed by atoms with Gasteiger partial charge in [0.25, 0.3) is 0 Å². The first kappa shape index (κ1) is 13.6. The van der Waals surface area contributed by atoms with Gasteiger partial charge in [-0.05, 0) is 29.8 Å². The Kier molecular flexibility index (Phi) is 4.35. The van der Waals surface area contributed by atoms with Gasteiger partial charge in [0.15, 0.2) is 0 Å². The first-order chi connectivity index (χ1) is 9.71. The third-order valence-electron chi connectivity index (χ3n) is 2.52. The molecule has 0 bridgehead atoms. The number of carbonyl (C=O) groups excluding carboxylic acids is 1. The molecule has 0 N–H and O–H groups in total. The summed E-state index contributed by atoms with van der Waals surface area (Å²) in [6.07, 6.45) is 2.86. The van der Waals surface area contributed by atoms with Gasteiger partial charge in [-0.15, -0.1) is 0 Å². The van der Waals surface area contributed by atoms with Crippen LogP contribution in [0.25, 0.3) is 6.08 Å². The summed E-state index contributed by atoms with van der Waals surface area (Å²) in [5.41, 5.74) is 0.969. The molecule has 2 aromatic rings. The van der Waals surface area contributed by atoms with Crippen LogP contribution < -0.4 is 9.47 Å². The van der Waals surface area contributed by atoms with E-state index in [9.17, 15) is 4.79 Å². The molecular formula is C17H14O3. The molecule has 0 fully saturated rings. The number of rotatable bonds is 5. The standard InChI is InChI=1S/C17H14O3/c1-3-13-7-5-8-14(11-13)19-15-9-6-10-16(12-15)20-17(18)4-2/h3-12H,1-2H2. The SMILES string of the molecule is C=CC(=O)Oc1cccc(Oc2cccc(C=C)c2)c1. The lowest BCUT2D eigenvalue weighted by Gasteiger charge is -2.08. The predicted molar refractivity (Wildman–Crippen MR) is 78.9 cm³/mol. The van der Waals surface area contributed by atoms with Crippen LogP contribution in [0.3, 0.4) is 0 Å². The fraction of sp³-hybridized carbons (Fsp3) is 0. The molecule has 0 spiro atoms. The van der Waals surface area contributed by atoms with Gasteiger partial charge in [0.1, 0.15) is 17.2 Å². The molecule has 0 saturated carbocycles. The second kappa shape index (κ2) is 6.38. The Morgan fingerprint density at radius 2 is 1.60 bits per heavy atom. The summed E-state index contributed by atoms with van der Waals surface area (Å²) >= 11 is 0. The van der Waals surface area contributed by atoms with Gasteiger partial charge >= 0.3 is 5.97 Å². The minimum atomic E-state index is -0.504. The highest BCUT2D eigenvalue weighted by molar-refractivity contribution is 5.83. The van der Waals surface area contributed by atoms with Crippen molar-refractivity contribution in [3.63, 3.8) is 0 Å². The maximum atomic E-state index is 11.1. The molecule has 2 aromatic carbocycles. The smallest absolute Gasteiger partial charge is 0.335 e. The Hall–Kier alpha value is -2.81. The molecule has 0 radical (unpaired) electrons. The molecule has 0 heterocycles. The van der Waals surface area contributed by atoms with Crippen LogP contribution >= 0.6 is 0 Å². The van der Waals surface area contributed by atoms with Gasteiger partial charge in [0, 0.05) is 12.1 Å². The van der Waals surface area contributed by atoms with E-state index in [4.69, 9.17) is 9.47 Å². The van der Waals surface area contributed by atoms with Crippen molar-refractivity contribution in [3.05, 3.63) is 73.3 Å². The van der Waals surface area contributed by atoms with Crippen molar-refractivity contribution in [1.82, 2.24) is 0 Å². The number of carbonyl (C=O) groups is 1. The van der Waals surface area contributed by atoms with Crippen molar-refractivity contribution in [3.8, 4) is 17.2 Å². The molecule has 2 rings (SSSR count). The number of ether oxygens (including phenoxy) is 2. The van der Waals surface area contributed by atoms with Crippen LogP contribution in [0.5, 0.6) is 17.2 Å². The maximum absolute atomic E-state index is 11.1. The second-order valence-electron chi connectivity index (χ2n) is 3.98. The van der Waals surface area contributed by atoms with Gasteiger partial charge in [-0.3, -0.25) is 0 Å². The molecule has 0 amide bonds. The molecule has 100 valence electrons. The minimum absolute atomic E-state index is 0.410. The lowest BCUT2D eigenvalue weighted by molar-refractivity contribution is -0.128. The second-order valence-corrected chi connectivity index (χ2v) is 3.98. The Morgan fingerprint density at radius 3 is 2.30 bits per heavy atom. The molecule has 0 aliphatic carbocycles. The van der Waals surface area contributed by atoms with Crippen LogP contribution in [-0.4, -0.2) is 5.97 Å². The van der Waals surface area contributed by atoms with Gasteiger partial charge in [0.2, 0.25) is 0 Å². The molecule has 0 unspecified atom stereocenters. The molecule has 3 nitrogen and oxygen atoms in total. The first-order valence-corrected chi connectivity index (χ1v) is 6.06. The predicted octanol–water partition coefficient (Wildman–Crippen LogP) is 4.21. The fourth-order valence-electron chi connectivity index (χ4n) is 1.60. The Labute approximate surface area is 117 Å². The number of hydrogen-bond donors (Lipinski definition) is 0. The highest BCUT2D eigenvalue weighted by Gasteiger charge is 2.03. The third kappa shape index (κ3) is 3.59. The lowest BCUT2D eigenvalue weighted by atomic mass is 10.2. The summed E-state index contributed by atoms with van der Waals surface area (Å²) in [5, 5.41) is 0. The van der Waals surface area contributed by atoms with Crippen LogP contribution in [-0.2, 0) is 4.79 Å². The summed E-state index contributed by atoms with van der Waals surface area (Å²) < 4.78 is 10.7. The van der Waals surface area contributed by atoms with Crippen molar-refractivity contribution in [1.29, 1.82) is 0 Å². The number of esters is 1. The third-order valence-corrected chi connectivity index (χ3v) is 2.52. The van der Waals surface area contributed by atoms with Gasteiger partial charge in [-0.1, -0.05) is 37.4 Å². The van der Waals surface area contributed by atoms with E-state index in [1.807, 2.05) is 24.3 Å². The molecule has 0 saturated heterocycles. The zero-order valence-electron chi connectivity index (χ0n) is 10.9. The van der Waals surface area contributed by atoms with E-state index in [-0.39, 0.29) is 0 Å². The Bertz CT molecular complexity index is 644. The van der Waals surface area contributed by atoms with Gasteiger partial charge < -0.3 is 9.47 Å². The first-order valence-electron chi connectivity index (χ1n) is 6.06. The van der Waals surface area contributed by atoms with E-state index in [1.165, 1.54) is 0 Å². The molecule has 0 aliphatic rings. The fourth-order valence-corrected chi connectivity index (χ4v) is 1.60. The van der Waals surface area contributed by atoms with E-state index >= 15 is 0 Å². The summed E-state index contributed by atoms with van der Waals surface area (Å²) in [5.74, 6) is 1.18. The van der Waals surface area contributed by atoms with E-state index in [2.05, 4.69) is 13.2 Å². The van der Waals surface area contributed by atoms with Crippen LogP contribution in [0.4, 0.5) is 0 Å². The Morgan fingerprint density at radius 1 is 0.950 bits per heavy atom. The van der Waals surface area contributed by atoms with Crippen molar-refractivity contribution >= 4 is 12.0 Å². The van der Waals surface area contributed by atoms with Crippen molar-refractivity contribution < 1.29 is 14.3 Å². The monoisotopic (exact) mass is 266 g/mol. The lowest BCUT2D eigenvalue weighted by Crippen LogP contribution is -2.02. The minimum Gasteiger partial charge on any atom is -0.457 e. The zero-order chi connectivity index (χ0) is 14.4. The number of benzene rings is 2. The highest BCUT2D eigenvalue weighted by atomic mass is 16.5. The zero-order valence-corrected chi connectivity index (χ0v) is 10.9. The summed E-state index contributed by atoms with van der Waals surface area (Å²) in [6.45, 7) is 7.06. The van der Waals surface area contributed by atoms with Crippen molar-refractivity contribution in [2.24, 2.45) is 0 Å². The summed E-state index contributed by atoms with van der Waals surface area (Å²) in [7, 11) is 0. The van der Waals surface area contributed by atoms with Gasteiger partial charge in [0.05, 0.1) is 0 Å². The van der Waals surface area contributed by atoms with Gasteiger partial charge in [-0.2, -0.15) is 0 Å². The largest absolute Gasteiger partial charge is 0.457 e. The van der Waals surface area contributed by atoms with E-state index < -0.39 is 5.97 Å². The van der Waals surface area contributed by atoms with Gasteiger partial charge in [-0.25, -0.2) is 4.79 Å². The summed E-state index contributed by atoms with van der Waals surface area (Å²) in [4.78, 5) is 11.1. The topological polar surface area (TPSA) is 35.5 Å². The van der Waals surface area contributed by atoms with Crippen LogP contribution in [0.15, 0.2) is 67.8 Å². The van der Waals surface area contributed by atoms with Crippen LogP contribution in [0.1, 0.15) is 5.56 Å². The molecule has 0 atom stereocenters. The molecular weight excluding hydrogens is 252 g/mol. The summed E-state index contributed by atoms with van der Waals surface area (Å²) in [6, 6.07) is 14.4. The average Bonchev–Trinajstić information content (AvgIpc) is 2.47.